The Kier molecular flexibility index (Phi) is 4.00. The Bertz CT molecular complexity index is 353. The lowest BCUT2D eigenvalue weighted by Crippen LogP contribution is -2.33. The first-order chi connectivity index (χ1) is 8.52. The van der Waals surface area contributed by atoms with Crippen molar-refractivity contribution in [2.24, 2.45) is 11.8 Å². The average molecular weight is 261 g/mol. The lowest BCUT2D eigenvalue weighted by Gasteiger charge is -2.33. The predicted molar refractivity (Wildman–Crippen MR) is 62.0 cm³/mol. The molecule has 2 rings (SSSR count). The van der Waals surface area contributed by atoms with Gasteiger partial charge in [0, 0.05) is 0 Å². The Labute approximate surface area is 105 Å². The predicted octanol–water partition coefficient (Wildman–Crippen LogP) is 3.91. The summed E-state index contributed by atoms with van der Waals surface area (Å²) in [6.07, 6.45) is -0.793. The Balaban J connectivity index is 1.96. The summed E-state index contributed by atoms with van der Waals surface area (Å²) < 4.78 is 43.1. The van der Waals surface area contributed by atoms with Crippen molar-refractivity contribution in [1.29, 1.82) is 0 Å². The molecule has 1 saturated carbocycles. The Morgan fingerprint density at radius 2 is 1.94 bits per heavy atom. The lowest BCUT2D eigenvalue weighted by molar-refractivity contribution is -0.184. The molecule has 1 aromatic heterocycles. The van der Waals surface area contributed by atoms with Crippen LogP contribution in [0.5, 0.6) is 0 Å². The second-order valence-electron chi connectivity index (χ2n) is 4.94. The highest BCUT2D eigenvalue weighted by molar-refractivity contribution is 5.06. The quantitative estimate of drug-likeness (QED) is 0.892. The molecule has 1 atom stereocenters. The summed E-state index contributed by atoms with van der Waals surface area (Å²) in [5.41, 5.74) is 0. The maximum absolute atomic E-state index is 12.6. The van der Waals surface area contributed by atoms with Crippen LogP contribution in [-0.2, 0) is 0 Å². The van der Waals surface area contributed by atoms with Crippen LogP contribution in [0.4, 0.5) is 13.2 Å². The number of rotatable bonds is 3. The van der Waals surface area contributed by atoms with E-state index in [1.54, 1.807) is 12.3 Å². The van der Waals surface area contributed by atoms with Crippen molar-refractivity contribution in [1.82, 2.24) is 5.32 Å². The molecule has 1 unspecified atom stereocenters. The van der Waals surface area contributed by atoms with Gasteiger partial charge in [0.05, 0.1) is 18.2 Å². The summed E-state index contributed by atoms with van der Waals surface area (Å²) >= 11 is 0. The standard InChI is InChI=1S/C13H18F3NO/c1-17-12(11-3-2-8-18-11)9-4-6-10(7-5-9)13(14,15)16/h2-3,8-10,12,17H,4-7H2,1H3. The molecule has 2 nitrogen and oxygen atoms in total. The van der Waals surface area contributed by atoms with Gasteiger partial charge in [0.2, 0.25) is 0 Å². The van der Waals surface area contributed by atoms with E-state index in [-0.39, 0.29) is 24.8 Å². The molecule has 102 valence electrons. The summed E-state index contributed by atoms with van der Waals surface area (Å²) in [6, 6.07) is 3.70. The summed E-state index contributed by atoms with van der Waals surface area (Å²) in [4.78, 5) is 0. The van der Waals surface area contributed by atoms with Gasteiger partial charge in [-0.3, -0.25) is 0 Å². The van der Waals surface area contributed by atoms with Crippen molar-refractivity contribution in [2.75, 3.05) is 7.05 Å². The molecule has 0 radical (unpaired) electrons. The van der Waals surface area contributed by atoms with Crippen LogP contribution < -0.4 is 5.32 Å². The number of halogens is 3. The third-order valence-corrected chi connectivity index (χ3v) is 3.87. The molecule has 1 fully saturated rings. The van der Waals surface area contributed by atoms with Crippen LogP contribution in [0.1, 0.15) is 37.5 Å². The van der Waals surface area contributed by atoms with Gasteiger partial charge < -0.3 is 9.73 Å². The fourth-order valence-electron chi connectivity index (χ4n) is 2.86. The third-order valence-electron chi connectivity index (χ3n) is 3.87. The summed E-state index contributed by atoms with van der Waals surface area (Å²) in [6.45, 7) is 0. The van der Waals surface area contributed by atoms with Crippen molar-refractivity contribution in [3.63, 3.8) is 0 Å². The van der Waals surface area contributed by atoms with Crippen LogP contribution in [-0.4, -0.2) is 13.2 Å². The van der Waals surface area contributed by atoms with Crippen LogP contribution in [0.2, 0.25) is 0 Å². The van der Waals surface area contributed by atoms with E-state index in [9.17, 15) is 13.2 Å². The molecule has 1 aliphatic rings. The zero-order valence-corrected chi connectivity index (χ0v) is 10.3. The maximum Gasteiger partial charge on any atom is 0.391 e. The SMILES string of the molecule is CNC(c1ccco1)C1CCC(C(F)(F)F)CC1. The molecule has 0 saturated heterocycles. The first-order valence-electron chi connectivity index (χ1n) is 6.29. The maximum atomic E-state index is 12.6. The Morgan fingerprint density at radius 1 is 1.28 bits per heavy atom. The van der Waals surface area contributed by atoms with Gasteiger partial charge in [-0.25, -0.2) is 0 Å². The minimum atomic E-state index is -4.04. The lowest BCUT2D eigenvalue weighted by atomic mass is 9.77. The minimum Gasteiger partial charge on any atom is -0.468 e. The Morgan fingerprint density at radius 3 is 2.39 bits per heavy atom. The van der Waals surface area contributed by atoms with Crippen LogP contribution >= 0.6 is 0 Å². The Hall–Kier alpha value is -0.970. The first-order valence-corrected chi connectivity index (χ1v) is 6.29. The number of hydrogen-bond acceptors (Lipinski definition) is 2. The topological polar surface area (TPSA) is 25.2 Å². The molecule has 1 aromatic rings. The fraction of sp³-hybridized carbons (Fsp3) is 0.692. The van der Waals surface area contributed by atoms with Gasteiger partial charge in [0.1, 0.15) is 5.76 Å². The van der Waals surface area contributed by atoms with Crippen LogP contribution in [0.25, 0.3) is 0 Å². The van der Waals surface area contributed by atoms with Crippen molar-refractivity contribution in [3.8, 4) is 0 Å². The number of nitrogens with one attached hydrogen (secondary N) is 1. The van der Waals surface area contributed by atoms with E-state index in [0.717, 1.165) is 5.76 Å². The molecule has 1 N–H and O–H groups in total. The van der Waals surface area contributed by atoms with E-state index in [0.29, 0.717) is 12.8 Å². The largest absolute Gasteiger partial charge is 0.468 e. The van der Waals surface area contributed by atoms with Gasteiger partial charge in [0.25, 0.3) is 0 Å². The normalized spacial score (nSPS) is 27.1. The second-order valence-corrected chi connectivity index (χ2v) is 4.94. The van der Waals surface area contributed by atoms with E-state index in [2.05, 4.69) is 5.32 Å². The van der Waals surface area contributed by atoms with Crippen molar-refractivity contribution in [2.45, 2.75) is 37.9 Å². The van der Waals surface area contributed by atoms with Gasteiger partial charge in [-0.15, -0.1) is 0 Å². The van der Waals surface area contributed by atoms with Crippen LogP contribution in [0.15, 0.2) is 22.8 Å². The molecular formula is C13H18F3NO. The molecule has 18 heavy (non-hydrogen) atoms. The van der Waals surface area contributed by atoms with Gasteiger partial charge in [0.15, 0.2) is 0 Å². The monoisotopic (exact) mass is 261 g/mol. The van der Waals surface area contributed by atoms with E-state index < -0.39 is 12.1 Å². The number of alkyl halides is 3. The number of furan rings is 1. The van der Waals surface area contributed by atoms with Gasteiger partial charge in [-0.05, 0) is 50.8 Å². The van der Waals surface area contributed by atoms with E-state index in [4.69, 9.17) is 4.42 Å². The highest BCUT2D eigenvalue weighted by Crippen LogP contribution is 2.43. The average Bonchev–Trinajstić information content (AvgIpc) is 2.83. The van der Waals surface area contributed by atoms with E-state index in [1.807, 2.05) is 13.1 Å². The number of hydrogen-bond donors (Lipinski definition) is 1. The molecule has 0 amide bonds. The second kappa shape index (κ2) is 5.34. The van der Waals surface area contributed by atoms with Gasteiger partial charge >= 0.3 is 6.18 Å². The zero-order chi connectivity index (χ0) is 13.2. The molecule has 1 aliphatic carbocycles. The summed E-state index contributed by atoms with van der Waals surface area (Å²) in [5.74, 6) is -0.0874. The highest BCUT2D eigenvalue weighted by atomic mass is 19.4. The summed E-state index contributed by atoms with van der Waals surface area (Å²) in [7, 11) is 1.82. The van der Waals surface area contributed by atoms with Gasteiger partial charge in [-0.1, -0.05) is 0 Å². The smallest absolute Gasteiger partial charge is 0.391 e. The summed E-state index contributed by atoms with van der Waals surface area (Å²) in [5, 5.41) is 3.15. The van der Waals surface area contributed by atoms with Crippen LogP contribution in [0.3, 0.4) is 0 Å². The zero-order valence-electron chi connectivity index (χ0n) is 10.3. The van der Waals surface area contributed by atoms with Crippen molar-refractivity contribution in [3.05, 3.63) is 24.2 Å². The minimum absolute atomic E-state index is 0.0224. The van der Waals surface area contributed by atoms with Crippen LogP contribution in [0, 0.1) is 11.8 Å². The molecule has 0 aliphatic heterocycles. The molecule has 5 heteroatoms. The third kappa shape index (κ3) is 2.88. The molecule has 1 heterocycles. The highest BCUT2D eigenvalue weighted by Gasteiger charge is 2.42. The molecule has 0 bridgehead atoms. The van der Waals surface area contributed by atoms with E-state index >= 15 is 0 Å². The van der Waals surface area contributed by atoms with Crippen molar-refractivity contribution >= 4 is 0 Å². The molecule has 0 spiro atoms. The first kappa shape index (κ1) is 13.5. The fourth-order valence-corrected chi connectivity index (χ4v) is 2.86. The van der Waals surface area contributed by atoms with Crippen molar-refractivity contribution < 1.29 is 17.6 Å². The molecular weight excluding hydrogens is 243 g/mol. The van der Waals surface area contributed by atoms with Gasteiger partial charge in [-0.2, -0.15) is 13.2 Å². The molecule has 0 aromatic carbocycles. The van der Waals surface area contributed by atoms with E-state index in [1.165, 1.54) is 0 Å².